The van der Waals surface area contributed by atoms with E-state index < -0.39 is 0 Å². The Kier molecular flexibility index (Phi) is 6.03. The zero-order chi connectivity index (χ0) is 32.8. The van der Waals surface area contributed by atoms with Crippen molar-refractivity contribution in [2.75, 3.05) is 0 Å². The molecule has 0 bridgehead atoms. The summed E-state index contributed by atoms with van der Waals surface area (Å²) in [6, 6.07) is 54.9. The molecular weight excluding hydrogens is 645 g/mol. The van der Waals surface area contributed by atoms with Crippen LogP contribution in [0.1, 0.15) is 0 Å². The molecule has 0 saturated carbocycles. The molecule has 3 aromatic heterocycles. The van der Waals surface area contributed by atoms with Crippen LogP contribution in [0.3, 0.4) is 0 Å². The summed E-state index contributed by atoms with van der Waals surface area (Å²) in [5.41, 5.74) is 7.00. The van der Waals surface area contributed by atoms with Crippen molar-refractivity contribution in [1.82, 2.24) is 9.97 Å². The summed E-state index contributed by atoms with van der Waals surface area (Å²) >= 11 is 3.79. The fraction of sp³-hybridized carbons (Fsp3) is 0. The van der Waals surface area contributed by atoms with E-state index in [0.717, 1.165) is 27.7 Å². The first-order valence-electron chi connectivity index (χ1n) is 16.8. The highest BCUT2D eigenvalue weighted by Crippen LogP contribution is 2.47. The molecule has 11 rings (SSSR count). The van der Waals surface area contributed by atoms with Crippen molar-refractivity contribution in [1.29, 1.82) is 0 Å². The Labute approximate surface area is 295 Å². The quantitative estimate of drug-likeness (QED) is 0.175. The van der Waals surface area contributed by atoms with Gasteiger partial charge in [-0.05, 0) is 39.4 Å². The molecule has 0 unspecified atom stereocenters. The second-order valence-electron chi connectivity index (χ2n) is 12.9. The third-order valence-corrected chi connectivity index (χ3v) is 12.6. The van der Waals surface area contributed by atoms with Gasteiger partial charge in [-0.1, -0.05) is 140 Å². The summed E-state index contributed by atoms with van der Waals surface area (Å²) in [6.45, 7) is 0. The maximum Gasteiger partial charge on any atom is 0.159 e. The lowest BCUT2D eigenvalue weighted by Gasteiger charge is -2.11. The molecule has 0 saturated heterocycles. The van der Waals surface area contributed by atoms with Gasteiger partial charge in [0.1, 0.15) is 0 Å². The molecule has 50 heavy (non-hydrogen) atoms. The van der Waals surface area contributed by atoms with Crippen molar-refractivity contribution in [3.05, 3.63) is 158 Å². The number of nitrogens with zero attached hydrogens (tertiary/aromatic N) is 2. The van der Waals surface area contributed by atoms with Gasteiger partial charge in [-0.2, -0.15) is 0 Å². The normalized spacial score (nSPS) is 12.0. The topological polar surface area (TPSA) is 25.8 Å². The molecule has 0 fully saturated rings. The van der Waals surface area contributed by atoms with Gasteiger partial charge in [-0.25, -0.2) is 9.97 Å². The average Bonchev–Trinajstić information content (AvgIpc) is 3.77. The van der Waals surface area contributed by atoms with Crippen LogP contribution in [-0.2, 0) is 0 Å². The van der Waals surface area contributed by atoms with Crippen LogP contribution in [0.4, 0.5) is 0 Å². The van der Waals surface area contributed by atoms with Gasteiger partial charge in [0.25, 0.3) is 0 Å². The largest absolute Gasteiger partial charge is 0.236 e. The third-order valence-electron chi connectivity index (χ3n) is 10.1. The molecule has 0 aliphatic heterocycles. The second kappa shape index (κ2) is 10.8. The number of hydrogen-bond acceptors (Lipinski definition) is 4. The van der Waals surface area contributed by atoms with Crippen molar-refractivity contribution in [2.24, 2.45) is 0 Å². The summed E-state index contributed by atoms with van der Waals surface area (Å²) in [5, 5.41) is 11.1. The van der Waals surface area contributed by atoms with E-state index >= 15 is 0 Å². The summed E-state index contributed by atoms with van der Waals surface area (Å²) < 4.78 is 5.31. The van der Waals surface area contributed by atoms with Crippen LogP contribution in [0.5, 0.6) is 0 Å². The first-order chi connectivity index (χ1) is 24.8. The number of hydrogen-bond donors (Lipinski definition) is 0. The first-order valence-corrected chi connectivity index (χ1v) is 18.5. The maximum atomic E-state index is 5.23. The van der Waals surface area contributed by atoms with E-state index in [4.69, 9.17) is 9.97 Å². The Morgan fingerprint density at radius 3 is 1.60 bits per heavy atom. The highest BCUT2D eigenvalue weighted by Gasteiger charge is 2.18. The number of fused-ring (bicyclic) bond motifs is 12. The second-order valence-corrected chi connectivity index (χ2v) is 14.9. The predicted molar refractivity (Wildman–Crippen MR) is 217 cm³/mol. The fourth-order valence-corrected chi connectivity index (χ4v) is 10.4. The zero-order valence-corrected chi connectivity index (χ0v) is 28.4. The molecule has 0 radical (unpaired) electrons. The van der Waals surface area contributed by atoms with Crippen molar-refractivity contribution in [3.8, 4) is 33.6 Å². The van der Waals surface area contributed by atoms with Gasteiger partial charge >= 0.3 is 0 Å². The Hall–Kier alpha value is -5.94. The SMILES string of the molecule is c1cc(-c2ncc3c4ccccc4c4ccccc4c3n2)cc(-c2cccc3c2sc2c(-c4cccc5c4sc4ccccc45)cccc23)c1. The molecule has 2 nitrogen and oxygen atoms in total. The van der Waals surface area contributed by atoms with E-state index in [-0.39, 0.29) is 0 Å². The van der Waals surface area contributed by atoms with Crippen LogP contribution in [0.2, 0.25) is 0 Å². The first kappa shape index (κ1) is 28.0. The number of benzene rings is 8. The molecule has 8 aromatic carbocycles. The van der Waals surface area contributed by atoms with Gasteiger partial charge in [0.05, 0.1) is 5.52 Å². The molecule has 0 aliphatic carbocycles. The van der Waals surface area contributed by atoms with Crippen LogP contribution in [0.25, 0.3) is 106 Å². The van der Waals surface area contributed by atoms with Crippen molar-refractivity contribution in [3.63, 3.8) is 0 Å². The molecule has 11 aromatic rings. The molecule has 232 valence electrons. The summed E-state index contributed by atoms with van der Waals surface area (Å²) in [4.78, 5) is 10.2. The van der Waals surface area contributed by atoms with E-state index in [1.807, 2.05) is 28.9 Å². The van der Waals surface area contributed by atoms with Crippen LogP contribution in [0.15, 0.2) is 158 Å². The Balaban J connectivity index is 1.08. The third kappa shape index (κ3) is 4.07. The van der Waals surface area contributed by atoms with Crippen LogP contribution < -0.4 is 0 Å². The van der Waals surface area contributed by atoms with E-state index in [0.29, 0.717) is 0 Å². The molecule has 0 atom stereocenters. The maximum absolute atomic E-state index is 5.23. The minimum atomic E-state index is 0.738. The Morgan fingerprint density at radius 1 is 0.360 bits per heavy atom. The summed E-state index contributed by atoms with van der Waals surface area (Å²) in [7, 11) is 0. The number of aromatic nitrogens is 2. The zero-order valence-electron chi connectivity index (χ0n) is 26.7. The van der Waals surface area contributed by atoms with Crippen LogP contribution >= 0.6 is 22.7 Å². The molecule has 3 heterocycles. The van der Waals surface area contributed by atoms with Crippen molar-refractivity contribution in [2.45, 2.75) is 0 Å². The van der Waals surface area contributed by atoms with Gasteiger partial charge in [0, 0.05) is 74.0 Å². The Bertz CT molecular complexity index is 3130. The van der Waals surface area contributed by atoms with E-state index in [9.17, 15) is 0 Å². The minimum absolute atomic E-state index is 0.738. The molecule has 0 N–H and O–H groups in total. The lowest BCUT2D eigenvalue weighted by Crippen LogP contribution is -1.93. The number of rotatable bonds is 3. The highest BCUT2D eigenvalue weighted by atomic mass is 32.1. The smallest absolute Gasteiger partial charge is 0.159 e. The summed E-state index contributed by atoms with van der Waals surface area (Å²) in [6.07, 6.45) is 2.00. The fourth-order valence-electron chi connectivity index (χ4n) is 7.85. The molecular formula is C46H26N2S2. The molecule has 0 aliphatic rings. The molecule has 0 amide bonds. The summed E-state index contributed by atoms with van der Waals surface area (Å²) in [5.74, 6) is 0.738. The van der Waals surface area contributed by atoms with Crippen molar-refractivity contribution < 1.29 is 0 Å². The van der Waals surface area contributed by atoms with Crippen LogP contribution in [0, 0.1) is 0 Å². The van der Waals surface area contributed by atoms with E-state index in [2.05, 4.69) is 152 Å². The van der Waals surface area contributed by atoms with Gasteiger partial charge in [0.2, 0.25) is 0 Å². The lowest BCUT2D eigenvalue weighted by atomic mass is 9.97. The predicted octanol–water partition coefficient (Wildman–Crippen LogP) is 13.7. The monoisotopic (exact) mass is 670 g/mol. The van der Waals surface area contributed by atoms with Gasteiger partial charge in [-0.3, -0.25) is 0 Å². The highest BCUT2D eigenvalue weighted by molar-refractivity contribution is 7.27. The standard InChI is InChI=1S/C46H26N2S2/c1-2-15-32-30(13-1)31-14-3-4-17-34(31)42-40(32)26-47-46(48-42)28-12-7-11-27(25-28)29-18-8-20-36-38-22-10-23-39(45(38)50-43(29)36)37-21-9-19-35-33-16-5-6-24-41(33)49-44(35)37/h1-26H. The minimum Gasteiger partial charge on any atom is -0.236 e. The molecule has 0 spiro atoms. The van der Waals surface area contributed by atoms with Gasteiger partial charge < -0.3 is 0 Å². The van der Waals surface area contributed by atoms with Gasteiger partial charge in [0.15, 0.2) is 5.82 Å². The van der Waals surface area contributed by atoms with E-state index in [1.54, 1.807) is 0 Å². The van der Waals surface area contributed by atoms with Crippen molar-refractivity contribution >= 4 is 95.5 Å². The van der Waals surface area contributed by atoms with E-state index in [1.165, 1.54) is 78.8 Å². The van der Waals surface area contributed by atoms with Crippen LogP contribution in [-0.4, -0.2) is 9.97 Å². The number of thiophene rings is 2. The van der Waals surface area contributed by atoms with Gasteiger partial charge in [-0.15, -0.1) is 22.7 Å². The molecule has 4 heteroatoms. The Morgan fingerprint density at radius 2 is 0.860 bits per heavy atom. The average molecular weight is 671 g/mol. The lowest BCUT2D eigenvalue weighted by molar-refractivity contribution is 1.23.